The Morgan fingerprint density at radius 3 is 2.23 bits per heavy atom. The van der Waals surface area contributed by atoms with Crippen molar-refractivity contribution < 1.29 is 24.0 Å². The lowest BCUT2D eigenvalue weighted by atomic mass is 10.1. The molecule has 2 aromatic carbocycles. The van der Waals surface area contributed by atoms with Gasteiger partial charge in [0, 0.05) is 42.8 Å². The number of H-pyrrole nitrogens is 1. The number of aromatic amines is 1. The lowest BCUT2D eigenvalue weighted by Gasteiger charge is -2.31. The van der Waals surface area contributed by atoms with Crippen LogP contribution in [-0.2, 0) is 19.2 Å². The minimum Gasteiger partial charge on any atom is -0.370 e. The Labute approximate surface area is 305 Å². The molecule has 1 saturated heterocycles. The number of rotatable bonds is 12. The van der Waals surface area contributed by atoms with Crippen molar-refractivity contribution in [3.05, 3.63) is 71.9 Å². The number of aromatic nitrogens is 1. The summed E-state index contributed by atoms with van der Waals surface area (Å²) in [4.78, 5) is 69.3. The van der Waals surface area contributed by atoms with Gasteiger partial charge in [0.1, 0.15) is 12.1 Å². The average Bonchev–Trinajstić information content (AvgIpc) is 3.63. The number of aliphatic imine (C=N–C) groups is 1. The van der Waals surface area contributed by atoms with Crippen molar-refractivity contribution in [2.24, 2.45) is 16.5 Å². The van der Waals surface area contributed by atoms with Crippen molar-refractivity contribution in [1.82, 2.24) is 42.0 Å². The Morgan fingerprint density at radius 2 is 1.63 bits per heavy atom. The van der Waals surface area contributed by atoms with E-state index in [1.54, 1.807) is 6.92 Å². The number of carbonyl (C=O) groups excluding carboxylic acids is 5. The Balaban J connectivity index is 0.000000437. The predicted molar refractivity (Wildman–Crippen MR) is 203 cm³/mol. The van der Waals surface area contributed by atoms with Crippen molar-refractivity contribution in [2.75, 3.05) is 26.7 Å². The van der Waals surface area contributed by atoms with E-state index in [1.807, 2.05) is 44.3 Å². The zero-order valence-electron chi connectivity index (χ0n) is 30.9. The topological polar surface area (TPSA) is 241 Å². The minimum absolute atomic E-state index is 0.0117. The Bertz CT molecular complexity index is 1630. The molecule has 284 valence electrons. The van der Waals surface area contributed by atoms with Crippen molar-refractivity contribution in [3.63, 3.8) is 0 Å². The number of hydrogen-bond acceptors (Lipinski definition) is 7. The normalized spacial score (nSPS) is 15.8. The molecule has 2 heterocycles. The van der Waals surface area contributed by atoms with Crippen LogP contribution in [0.25, 0.3) is 10.9 Å². The van der Waals surface area contributed by atoms with Crippen LogP contribution in [0.2, 0.25) is 0 Å². The molecule has 0 aliphatic carbocycles. The first kappa shape index (κ1) is 42.5. The fourth-order valence-corrected chi connectivity index (χ4v) is 5.23. The molecule has 1 aliphatic heterocycles. The second-order valence-corrected chi connectivity index (χ2v) is 12.6. The molecule has 0 saturated carbocycles. The van der Waals surface area contributed by atoms with Crippen LogP contribution in [-0.4, -0.2) is 96.4 Å². The van der Waals surface area contributed by atoms with Gasteiger partial charge in [0.25, 0.3) is 5.91 Å². The maximum atomic E-state index is 13.1. The molecule has 4 rings (SSSR count). The van der Waals surface area contributed by atoms with Gasteiger partial charge in [-0.15, -0.1) is 0 Å². The Morgan fingerprint density at radius 1 is 0.962 bits per heavy atom. The van der Waals surface area contributed by atoms with Crippen molar-refractivity contribution in [1.29, 1.82) is 0 Å². The SMILES string of the molecule is CN=C(N)NCCCC(C(=O)NCC(N)=O)N1C(=O)C(NC(=O)NNC(=O)CNC(C)C)CC1C.Cc1c[nH]c2ccccc12.Cc1ccccc1. The summed E-state index contributed by atoms with van der Waals surface area (Å²) in [5, 5.41) is 12.1. The van der Waals surface area contributed by atoms with Crippen LogP contribution >= 0.6 is 0 Å². The molecule has 1 aliphatic rings. The maximum Gasteiger partial charge on any atom is 0.334 e. The molecular weight excluding hydrogens is 666 g/mol. The van der Waals surface area contributed by atoms with Gasteiger partial charge >= 0.3 is 6.03 Å². The molecule has 0 bridgehead atoms. The maximum absolute atomic E-state index is 13.1. The molecule has 16 heteroatoms. The smallest absolute Gasteiger partial charge is 0.334 e. The third kappa shape index (κ3) is 15.1. The van der Waals surface area contributed by atoms with E-state index in [0.29, 0.717) is 13.0 Å². The first-order valence-corrected chi connectivity index (χ1v) is 17.2. The zero-order valence-corrected chi connectivity index (χ0v) is 30.9. The van der Waals surface area contributed by atoms with E-state index in [0.717, 1.165) is 0 Å². The first-order valence-electron chi connectivity index (χ1n) is 17.2. The van der Waals surface area contributed by atoms with Crippen LogP contribution in [0.15, 0.2) is 65.8 Å². The fourth-order valence-electron chi connectivity index (χ4n) is 5.23. The molecule has 3 aromatic rings. The van der Waals surface area contributed by atoms with Gasteiger partial charge in [-0.05, 0) is 51.7 Å². The highest BCUT2D eigenvalue weighted by Gasteiger charge is 2.43. The number of nitrogens with one attached hydrogen (secondary N) is 7. The number of hydrogen-bond donors (Lipinski definition) is 9. The van der Waals surface area contributed by atoms with Crippen molar-refractivity contribution >= 4 is 46.5 Å². The highest BCUT2D eigenvalue weighted by atomic mass is 16.2. The van der Waals surface area contributed by atoms with Gasteiger partial charge in [0.15, 0.2) is 5.96 Å². The van der Waals surface area contributed by atoms with Gasteiger partial charge in [0.05, 0.1) is 13.1 Å². The number of benzene rings is 2. The summed E-state index contributed by atoms with van der Waals surface area (Å²) in [6.07, 6.45) is 3.02. The summed E-state index contributed by atoms with van der Waals surface area (Å²) in [6.45, 7) is 9.75. The number of nitrogens with zero attached hydrogens (tertiary/aromatic N) is 2. The summed E-state index contributed by atoms with van der Waals surface area (Å²) < 4.78 is 0. The number of carbonyl (C=O) groups is 5. The number of likely N-dealkylation sites (tertiary alicyclic amines) is 1. The highest BCUT2D eigenvalue weighted by molar-refractivity contribution is 5.95. The second-order valence-electron chi connectivity index (χ2n) is 12.6. The molecule has 0 spiro atoms. The minimum atomic E-state index is -0.900. The number of primary amides is 1. The summed E-state index contributed by atoms with van der Waals surface area (Å²) in [5.74, 6) is -1.91. The number of hydrazine groups is 1. The molecule has 3 atom stereocenters. The van der Waals surface area contributed by atoms with E-state index >= 15 is 0 Å². The number of urea groups is 1. The van der Waals surface area contributed by atoms with Crippen molar-refractivity contribution in [3.8, 4) is 0 Å². The fraction of sp³-hybridized carbons (Fsp3) is 0.444. The number of nitrogens with two attached hydrogens (primary N) is 2. The quantitative estimate of drug-likeness (QED) is 0.0566. The summed E-state index contributed by atoms with van der Waals surface area (Å²) in [7, 11) is 1.53. The monoisotopic (exact) mass is 721 g/mol. The molecule has 1 aromatic heterocycles. The van der Waals surface area contributed by atoms with E-state index in [2.05, 4.69) is 86.3 Å². The average molecular weight is 722 g/mol. The molecule has 6 amide bonds. The van der Waals surface area contributed by atoms with Crippen LogP contribution in [0.5, 0.6) is 0 Å². The van der Waals surface area contributed by atoms with Crippen LogP contribution in [0.3, 0.4) is 0 Å². The molecule has 0 radical (unpaired) electrons. The van der Waals surface area contributed by atoms with Crippen LogP contribution in [0, 0.1) is 13.8 Å². The number of fused-ring (bicyclic) bond motifs is 1. The number of aryl methyl sites for hydroxylation is 2. The predicted octanol–water partition coefficient (Wildman–Crippen LogP) is 1.06. The van der Waals surface area contributed by atoms with E-state index < -0.39 is 41.7 Å². The summed E-state index contributed by atoms with van der Waals surface area (Å²) in [6, 6.07) is 15.7. The van der Waals surface area contributed by atoms with Crippen LogP contribution in [0.4, 0.5) is 4.79 Å². The largest absolute Gasteiger partial charge is 0.370 e. The van der Waals surface area contributed by atoms with E-state index in [9.17, 15) is 24.0 Å². The van der Waals surface area contributed by atoms with Crippen molar-refractivity contribution in [2.45, 2.75) is 78.0 Å². The zero-order chi connectivity index (χ0) is 38.6. The standard InChI is InChI=1S/C20H38N10O5.C9H9N.C7H8/c1-11(2)25-10-16(32)28-29-20(35)27-13-8-12(3)30(18(13)34)14(17(33)26-9-15(21)31)6-5-7-24-19(22)23-4;1-7-6-10-9-5-3-2-4-8(7)9;1-7-5-3-2-4-6-7/h11-14,25H,5-10H2,1-4H3,(H2,21,31)(H,26,33)(H,28,32)(H3,22,23,24)(H2,27,29,35);2-6,10H,1H3;2-6H,1H3. The molecular formula is C36H55N11O5. The lowest BCUT2D eigenvalue weighted by molar-refractivity contribution is -0.140. The second kappa shape index (κ2) is 22.2. The first-order chi connectivity index (χ1) is 24.7. The van der Waals surface area contributed by atoms with Gasteiger partial charge < -0.3 is 42.6 Å². The summed E-state index contributed by atoms with van der Waals surface area (Å²) in [5.41, 5.74) is 19.0. The Kier molecular flexibility index (Phi) is 18.2. The van der Waals surface area contributed by atoms with Gasteiger partial charge in [-0.25, -0.2) is 10.2 Å². The number of amides is 6. The third-order valence-electron chi connectivity index (χ3n) is 7.91. The van der Waals surface area contributed by atoms with Gasteiger partial charge in [-0.3, -0.25) is 29.6 Å². The molecule has 11 N–H and O–H groups in total. The van der Waals surface area contributed by atoms with Gasteiger partial charge in [-0.1, -0.05) is 67.9 Å². The van der Waals surface area contributed by atoms with Gasteiger partial charge in [0.2, 0.25) is 17.7 Å². The van der Waals surface area contributed by atoms with E-state index in [-0.39, 0.29) is 44.0 Å². The Hall–Kier alpha value is -5.64. The van der Waals surface area contributed by atoms with E-state index in [4.69, 9.17) is 11.5 Å². The number of guanidine groups is 1. The highest BCUT2D eigenvalue weighted by Crippen LogP contribution is 2.24. The molecule has 1 fully saturated rings. The summed E-state index contributed by atoms with van der Waals surface area (Å²) >= 11 is 0. The van der Waals surface area contributed by atoms with Crippen LogP contribution in [0.1, 0.15) is 51.2 Å². The molecule has 52 heavy (non-hydrogen) atoms. The van der Waals surface area contributed by atoms with E-state index in [1.165, 1.54) is 34.0 Å². The lowest BCUT2D eigenvalue weighted by Crippen LogP contribution is -2.55. The molecule has 3 unspecified atom stereocenters. The van der Waals surface area contributed by atoms with Crippen LogP contribution < -0.4 is 43.6 Å². The number of para-hydroxylation sites is 1. The van der Waals surface area contributed by atoms with Gasteiger partial charge in [-0.2, -0.15) is 0 Å². The molecule has 16 nitrogen and oxygen atoms in total. The third-order valence-corrected chi connectivity index (χ3v) is 7.91.